The van der Waals surface area contributed by atoms with E-state index in [0.29, 0.717) is 0 Å². The molecule has 0 aromatic heterocycles. The predicted molar refractivity (Wildman–Crippen MR) is 46.1 cm³/mol. The molecule has 0 saturated heterocycles. The van der Waals surface area contributed by atoms with Crippen LogP contribution in [0.15, 0.2) is 0 Å². The van der Waals surface area contributed by atoms with Gasteiger partial charge < -0.3 is 5.11 Å². The van der Waals surface area contributed by atoms with Crippen LogP contribution >= 0.6 is 0 Å². The van der Waals surface area contributed by atoms with E-state index in [4.69, 9.17) is 0 Å². The van der Waals surface area contributed by atoms with Crippen LogP contribution in [0.3, 0.4) is 0 Å². The van der Waals surface area contributed by atoms with Gasteiger partial charge in [-0.25, -0.2) is 0 Å². The first-order valence-corrected chi connectivity index (χ1v) is 4.43. The lowest BCUT2D eigenvalue weighted by Crippen LogP contribution is -2.24. The van der Waals surface area contributed by atoms with Gasteiger partial charge in [0.05, 0.1) is 0 Å². The van der Waals surface area contributed by atoms with Gasteiger partial charge in [-0.3, -0.25) is 0 Å². The molecule has 0 spiro atoms. The molecule has 0 bridgehead atoms. The van der Waals surface area contributed by atoms with E-state index in [1.54, 1.807) is 6.92 Å². The molecule has 1 rings (SSSR count). The molecule has 1 aliphatic rings. The number of aliphatic hydroxyl groups is 1. The molecule has 1 aliphatic carbocycles. The molecule has 62 valence electrons. The minimum Gasteiger partial charge on any atom is -0.378 e. The van der Waals surface area contributed by atoms with Crippen LogP contribution in [0.4, 0.5) is 0 Å². The fourth-order valence-corrected chi connectivity index (χ4v) is 1.67. The summed E-state index contributed by atoms with van der Waals surface area (Å²) in [6, 6.07) is 0. The molecule has 0 aliphatic heterocycles. The van der Waals surface area contributed by atoms with Crippen molar-refractivity contribution in [2.45, 2.75) is 51.0 Å². The Hall–Kier alpha value is -0.480. The molecule has 0 radical (unpaired) electrons. The minimum absolute atomic E-state index is 0.648. The van der Waals surface area contributed by atoms with Gasteiger partial charge in [-0.05, 0) is 32.6 Å². The zero-order valence-electron chi connectivity index (χ0n) is 7.19. The van der Waals surface area contributed by atoms with Crippen LogP contribution in [0.5, 0.6) is 0 Å². The van der Waals surface area contributed by atoms with Gasteiger partial charge in [0.15, 0.2) is 0 Å². The summed E-state index contributed by atoms with van der Waals surface area (Å²) in [6.07, 6.45) is 6.51. The van der Waals surface area contributed by atoms with Gasteiger partial charge in [-0.15, -0.1) is 5.92 Å². The summed E-state index contributed by atoms with van der Waals surface area (Å²) in [5, 5.41) is 9.88. The van der Waals surface area contributed by atoms with Crippen LogP contribution in [-0.2, 0) is 0 Å². The molecule has 0 unspecified atom stereocenters. The highest BCUT2D eigenvalue weighted by molar-refractivity contribution is 5.12. The van der Waals surface area contributed by atoms with E-state index in [1.165, 1.54) is 12.8 Å². The third-order valence-electron chi connectivity index (χ3n) is 2.29. The van der Waals surface area contributed by atoms with Gasteiger partial charge in [0.1, 0.15) is 5.60 Å². The Balaban J connectivity index is 2.56. The molecule has 0 aromatic rings. The summed E-state index contributed by atoms with van der Waals surface area (Å²) in [6.45, 7) is 1.79. The van der Waals surface area contributed by atoms with E-state index in [-0.39, 0.29) is 0 Å². The van der Waals surface area contributed by atoms with Crippen molar-refractivity contribution in [2.24, 2.45) is 0 Å². The maximum atomic E-state index is 9.88. The van der Waals surface area contributed by atoms with Crippen LogP contribution in [-0.4, -0.2) is 10.7 Å². The summed E-state index contributed by atoms with van der Waals surface area (Å²) < 4.78 is 0. The molecule has 0 atom stereocenters. The fraction of sp³-hybridized carbons (Fsp3) is 0.800. The Labute approximate surface area is 68.8 Å². The van der Waals surface area contributed by atoms with Gasteiger partial charge in [0, 0.05) is 0 Å². The van der Waals surface area contributed by atoms with E-state index in [2.05, 4.69) is 11.8 Å². The monoisotopic (exact) mass is 152 g/mol. The van der Waals surface area contributed by atoms with Crippen molar-refractivity contribution in [1.29, 1.82) is 0 Å². The highest BCUT2D eigenvalue weighted by Crippen LogP contribution is 2.25. The zero-order chi connectivity index (χ0) is 8.16. The Morgan fingerprint density at radius 3 is 2.09 bits per heavy atom. The standard InChI is InChI=1S/C10H16O/c1-2-7-10(11)8-5-3-4-6-9-10/h11H,3-6,8-9H2,1H3. The number of hydrogen-bond donors (Lipinski definition) is 1. The Morgan fingerprint density at radius 2 is 1.64 bits per heavy atom. The molecule has 0 amide bonds. The van der Waals surface area contributed by atoms with Gasteiger partial charge in [0.2, 0.25) is 0 Å². The van der Waals surface area contributed by atoms with Crippen LogP contribution in [0, 0.1) is 11.8 Å². The molecule has 1 nitrogen and oxygen atoms in total. The highest BCUT2D eigenvalue weighted by atomic mass is 16.3. The molecule has 1 heteroatoms. The van der Waals surface area contributed by atoms with Gasteiger partial charge in [0.25, 0.3) is 0 Å². The SMILES string of the molecule is CC#CC1(O)CCCCCC1. The third-order valence-corrected chi connectivity index (χ3v) is 2.29. The first-order chi connectivity index (χ1) is 5.27. The smallest absolute Gasteiger partial charge is 0.125 e. The molecule has 11 heavy (non-hydrogen) atoms. The molecular weight excluding hydrogens is 136 g/mol. The largest absolute Gasteiger partial charge is 0.378 e. The summed E-state index contributed by atoms with van der Waals surface area (Å²) in [5.74, 6) is 5.71. The summed E-state index contributed by atoms with van der Waals surface area (Å²) in [7, 11) is 0. The Bertz CT molecular complexity index is 165. The Morgan fingerprint density at radius 1 is 1.09 bits per heavy atom. The van der Waals surface area contributed by atoms with Crippen molar-refractivity contribution >= 4 is 0 Å². The van der Waals surface area contributed by atoms with Gasteiger partial charge >= 0.3 is 0 Å². The lowest BCUT2D eigenvalue weighted by Gasteiger charge is -2.18. The van der Waals surface area contributed by atoms with E-state index < -0.39 is 5.60 Å². The average molecular weight is 152 g/mol. The van der Waals surface area contributed by atoms with Gasteiger partial charge in [-0.2, -0.15) is 0 Å². The van der Waals surface area contributed by atoms with Crippen molar-refractivity contribution in [2.75, 3.05) is 0 Å². The van der Waals surface area contributed by atoms with Crippen molar-refractivity contribution < 1.29 is 5.11 Å². The summed E-state index contributed by atoms with van der Waals surface area (Å²) in [4.78, 5) is 0. The fourth-order valence-electron chi connectivity index (χ4n) is 1.67. The molecular formula is C10H16O. The number of hydrogen-bond acceptors (Lipinski definition) is 1. The second kappa shape index (κ2) is 3.78. The Kier molecular flexibility index (Phi) is 2.96. The van der Waals surface area contributed by atoms with Crippen molar-refractivity contribution in [1.82, 2.24) is 0 Å². The zero-order valence-corrected chi connectivity index (χ0v) is 7.19. The first-order valence-electron chi connectivity index (χ1n) is 4.43. The molecule has 1 saturated carbocycles. The lowest BCUT2D eigenvalue weighted by atomic mass is 9.95. The first kappa shape index (κ1) is 8.62. The highest BCUT2D eigenvalue weighted by Gasteiger charge is 2.24. The average Bonchev–Trinajstić information content (AvgIpc) is 2.15. The van der Waals surface area contributed by atoms with Crippen LogP contribution < -0.4 is 0 Å². The van der Waals surface area contributed by atoms with E-state index in [9.17, 15) is 5.11 Å². The summed E-state index contributed by atoms with van der Waals surface area (Å²) in [5.41, 5.74) is -0.648. The van der Waals surface area contributed by atoms with E-state index >= 15 is 0 Å². The van der Waals surface area contributed by atoms with E-state index in [1.807, 2.05) is 0 Å². The van der Waals surface area contributed by atoms with Crippen LogP contribution in [0.2, 0.25) is 0 Å². The molecule has 1 N–H and O–H groups in total. The predicted octanol–water partition coefficient (Wildman–Crippen LogP) is 2.09. The lowest BCUT2D eigenvalue weighted by molar-refractivity contribution is 0.0849. The quantitative estimate of drug-likeness (QED) is 0.416. The minimum atomic E-state index is -0.648. The van der Waals surface area contributed by atoms with E-state index in [0.717, 1.165) is 25.7 Å². The normalized spacial score (nSPS) is 23.1. The number of rotatable bonds is 0. The second-order valence-corrected chi connectivity index (χ2v) is 3.32. The van der Waals surface area contributed by atoms with Crippen molar-refractivity contribution in [3.63, 3.8) is 0 Å². The summed E-state index contributed by atoms with van der Waals surface area (Å²) >= 11 is 0. The second-order valence-electron chi connectivity index (χ2n) is 3.32. The molecule has 0 heterocycles. The van der Waals surface area contributed by atoms with Crippen molar-refractivity contribution in [3.05, 3.63) is 0 Å². The van der Waals surface area contributed by atoms with Crippen LogP contribution in [0.1, 0.15) is 45.4 Å². The molecule has 0 aromatic carbocycles. The van der Waals surface area contributed by atoms with Crippen molar-refractivity contribution in [3.8, 4) is 11.8 Å². The third kappa shape index (κ3) is 2.55. The maximum Gasteiger partial charge on any atom is 0.125 e. The van der Waals surface area contributed by atoms with Crippen LogP contribution in [0.25, 0.3) is 0 Å². The topological polar surface area (TPSA) is 20.2 Å². The molecule has 1 fully saturated rings. The van der Waals surface area contributed by atoms with Gasteiger partial charge in [-0.1, -0.05) is 18.8 Å². The maximum absolute atomic E-state index is 9.88.